The van der Waals surface area contributed by atoms with Crippen LogP contribution in [0.25, 0.3) is 0 Å². The molecule has 1 fully saturated rings. The van der Waals surface area contributed by atoms with Gasteiger partial charge in [0.25, 0.3) is 0 Å². The molecule has 2 rings (SSSR count). The number of piperidine rings is 1. The molecular formula is C17H31N3S. The Bertz CT molecular complexity index is 453. The van der Waals surface area contributed by atoms with Crippen LogP contribution in [-0.2, 0) is 6.54 Å². The lowest BCUT2D eigenvalue weighted by Crippen LogP contribution is -2.38. The third-order valence-electron chi connectivity index (χ3n) is 4.54. The van der Waals surface area contributed by atoms with Gasteiger partial charge < -0.3 is 10.2 Å². The maximum absolute atomic E-state index is 4.98. The van der Waals surface area contributed by atoms with Crippen LogP contribution in [0.1, 0.15) is 64.5 Å². The molecule has 1 aromatic heterocycles. The molecule has 1 saturated heterocycles. The van der Waals surface area contributed by atoms with Crippen LogP contribution in [0.4, 0.5) is 5.13 Å². The van der Waals surface area contributed by atoms with E-state index in [1.54, 1.807) is 0 Å². The summed E-state index contributed by atoms with van der Waals surface area (Å²) in [6.07, 6.45) is 1.29. The lowest BCUT2D eigenvalue weighted by molar-refractivity contribution is 0.323. The first-order chi connectivity index (χ1) is 9.88. The number of hydrogen-bond acceptors (Lipinski definition) is 4. The average molecular weight is 310 g/mol. The molecule has 1 aromatic rings. The van der Waals surface area contributed by atoms with Gasteiger partial charge in [-0.05, 0) is 24.2 Å². The van der Waals surface area contributed by atoms with Crippen LogP contribution < -0.4 is 10.2 Å². The summed E-state index contributed by atoms with van der Waals surface area (Å²) in [5.41, 5.74) is 1.29. The highest BCUT2D eigenvalue weighted by molar-refractivity contribution is 7.15. The fraction of sp³-hybridized carbons (Fsp3) is 0.824. The van der Waals surface area contributed by atoms with Crippen LogP contribution in [0.2, 0.25) is 0 Å². The molecule has 0 radical (unpaired) electrons. The third-order valence-corrected chi connectivity index (χ3v) is 5.67. The van der Waals surface area contributed by atoms with E-state index in [1.165, 1.54) is 22.1 Å². The summed E-state index contributed by atoms with van der Waals surface area (Å²) in [7, 11) is 0. The zero-order chi connectivity index (χ0) is 15.6. The van der Waals surface area contributed by atoms with E-state index in [0.29, 0.717) is 12.0 Å². The first-order valence-corrected chi connectivity index (χ1v) is 9.18. The van der Waals surface area contributed by atoms with E-state index < -0.39 is 0 Å². The minimum absolute atomic E-state index is 0.500. The van der Waals surface area contributed by atoms with Crippen LogP contribution in [0.15, 0.2) is 0 Å². The van der Waals surface area contributed by atoms with Crippen molar-refractivity contribution in [3.8, 4) is 0 Å². The highest BCUT2D eigenvalue weighted by Crippen LogP contribution is 2.34. The Balaban J connectivity index is 2.15. The zero-order valence-corrected chi connectivity index (χ0v) is 15.3. The van der Waals surface area contributed by atoms with E-state index in [-0.39, 0.29) is 0 Å². The minimum Gasteiger partial charge on any atom is -0.348 e. The van der Waals surface area contributed by atoms with Gasteiger partial charge in [0, 0.05) is 30.6 Å². The van der Waals surface area contributed by atoms with Gasteiger partial charge in [-0.2, -0.15) is 0 Å². The lowest BCUT2D eigenvalue weighted by atomic mass is 9.89. The minimum atomic E-state index is 0.500. The molecule has 120 valence electrons. The fourth-order valence-corrected chi connectivity index (χ4v) is 4.00. The van der Waals surface area contributed by atoms with Crippen molar-refractivity contribution in [3.05, 3.63) is 10.6 Å². The average Bonchev–Trinajstić information content (AvgIpc) is 2.84. The maximum Gasteiger partial charge on any atom is 0.185 e. The van der Waals surface area contributed by atoms with E-state index in [4.69, 9.17) is 4.98 Å². The molecule has 21 heavy (non-hydrogen) atoms. The second-order valence-corrected chi connectivity index (χ2v) is 8.25. The summed E-state index contributed by atoms with van der Waals surface area (Å²) < 4.78 is 0. The van der Waals surface area contributed by atoms with Crippen molar-refractivity contribution < 1.29 is 0 Å². The molecule has 1 N–H and O–H groups in total. The molecule has 0 saturated carbocycles. The summed E-state index contributed by atoms with van der Waals surface area (Å²) in [5, 5.41) is 4.78. The van der Waals surface area contributed by atoms with Crippen LogP contribution in [-0.4, -0.2) is 24.1 Å². The predicted molar refractivity (Wildman–Crippen MR) is 93.3 cm³/mol. The molecule has 2 atom stereocenters. The Morgan fingerprint density at radius 1 is 1.24 bits per heavy atom. The van der Waals surface area contributed by atoms with Crippen LogP contribution in [0.3, 0.4) is 0 Å². The van der Waals surface area contributed by atoms with Crippen LogP contribution in [0, 0.1) is 11.8 Å². The van der Waals surface area contributed by atoms with Crippen molar-refractivity contribution >= 4 is 16.5 Å². The Morgan fingerprint density at radius 2 is 1.95 bits per heavy atom. The van der Waals surface area contributed by atoms with Crippen molar-refractivity contribution in [2.75, 3.05) is 18.0 Å². The van der Waals surface area contributed by atoms with Crippen LogP contribution in [0.5, 0.6) is 0 Å². The number of thiazole rings is 1. The largest absolute Gasteiger partial charge is 0.348 e. The van der Waals surface area contributed by atoms with E-state index in [1.807, 2.05) is 11.3 Å². The van der Waals surface area contributed by atoms with Gasteiger partial charge >= 0.3 is 0 Å². The number of nitrogens with zero attached hydrogens (tertiary/aromatic N) is 2. The molecule has 0 spiro atoms. The Labute approximate surface area is 134 Å². The highest BCUT2D eigenvalue weighted by Gasteiger charge is 2.26. The first kappa shape index (κ1) is 16.8. The number of rotatable bonds is 5. The van der Waals surface area contributed by atoms with E-state index >= 15 is 0 Å². The Morgan fingerprint density at radius 3 is 2.52 bits per heavy atom. The zero-order valence-electron chi connectivity index (χ0n) is 14.4. The molecule has 0 amide bonds. The second kappa shape index (κ2) is 7.10. The van der Waals surface area contributed by atoms with Gasteiger partial charge in [0.2, 0.25) is 0 Å². The molecular weight excluding hydrogens is 278 g/mol. The van der Waals surface area contributed by atoms with E-state index in [2.05, 4.69) is 51.8 Å². The van der Waals surface area contributed by atoms with Crippen LogP contribution >= 0.6 is 11.3 Å². The highest BCUT2D eigenvalue weighted by atomic mass is 32.1. The molecule has 3 nitrogen and oxygen atoms in total. The third kappa shape index (κ3) is 4.19. The molecule has 1 aliphatic heterocycles. The second-order valence-electron chi connectivity index (χ2n) is 7.18. The van der Waals surface area contributed by atoms with Crippen molar-refractivity contribution in [1.82, 2.24) is 10.3 Å². The monoisotopic (exact) mass is 309 g/mol. The number of anilines is 1. The van der Waals surface area contributed by atoms with Crippen molar-refractivity contribution in [2.45, 2.75) is 66.5 Å². The molecule has 2 heterocycles. The lowest BCUT2D eigenvalue weighted by Gasteiger charge is -2.35. The first-order valence-electron chi connectivity index (χ1n) is 8.36. The Hall–Kier alpha value is -0.610. The molecule has 2 unspecified atom stereocenters. The van der Waals surface area contributed by atoms with Gasteiger partial charge in [0.15, 0.2) is 5.13 Å². The fourth-order valence-electron chi connectivity index (χ4n) is 2.80. The van der Waals surface area contributed by atoms with Gasteiger partial charge in [-0.25, -0.2) is 4.98 Å². The van der Waals surface area contributed by atoms with E-state index in [0.717, 1.165) is 31.5 Å². The summed E-state index contributed by atoms with van der Waals surface area (Å²) >= 11 is 1.89. The van der Waals surface area contributed by atoms with Gasteiger partial charge in [0.1, 0.15) is 0 Å². The molecule has 0 bridgehead atoms. The smallest absolute Gasteiger partial charge is 0.185 e. The van der Waals surface area contributed by atoms with Gasteiger partial charge in [0.05, 0.1) is 5.69 Å². The quantitative estimate of drug-likeness (QED) is 0.881. The number of aromatic nitrogens is 1. The van der Waals surface area contributed by atoms with E-state index in [9.17, 15) is 0 Å². The number of nitrogens with one attached hydrogen (secondary N) is 1. The van der Waals surface area contributed by atoms with Gasteiger partial charge in [-0.15, -0.1) is 11.3 Å². The van der Waals surface area contributed by atoms with Crippen molar-refractivity contribution in [2.24, 2.45) is 11.8 Å². The molecule has 4 heteroatoms. The summed E-state index contributed by atoms with van der Waals surface area (Å²) in [6, 6.07) is 0.520. The van der Waals surface area contributed by atoms with Gasteiger partial charge in [-0.3, -0.25) is 0 Å². The van der Waals surface area contributed by atoms with Gasteiger partial charge in [-0.1, -0.05) is 41.5 Å². The maximum atomic E-state index is 4.98. The molecule has 1 aliphatic rings. The topological polar surface area (TPSA) is 28.2 Å². The normalized spacial score (nSPS) is 23.3. The SMILES string of the molecule is CC(C)NCc1sc(N2CCC(C)C(C)C2)nc1C(C)C. The number of hydrogen-bond donors (Lipinski definition) is 1. The standard InChI is InChI=1S/C17H31N3S/c1-11(2)16-15(9-18-12(3)4)21-17(19-16)20-8-7-13(5)14(6)10-20/h11-14,18H,7-10H2,1-6H3. The summed E-state index contributed by atoms with van der Waals surface area (Å²) in [6.45, 7) is 16.9. The Kier molecular flexibility index (Phi) is 5.67. The summed E-state index contributed by atoms with van der Waals surface area (Å²) in [5.74, 6) is 2.11. The van der Waals surface area contributed by atoms with Crippen molar-refractivity contribution in [3.63, 3.8) is 0 Å². The molecule has 0 aliphatic carbocycles. The van der Waals surface area contributed by atoms with Crippen molar-refractivity contribution in [1.29, 1.82) is 0 Å². The summed E-state index contributed by atoms with van der Waals surface area (Å²) in [4.78, 5) is 8.89. The predicted octanol–water partition coefficient (Wildman–Crippen LogP) is 4.25. The molecule has 0 aromatic carbocycles.